The monoisotopic (exact) mass is 547 g/mol. The number of amides is 1. The fourth-order valence-corrected chi connectivity index (χ4v) is 5.18. The minimum absolute atomic E-state index is 0.0448. The molecule has 0 radical (unpaired) electrons. The Morgan fingerprint density at radius 3 is 2.17 bits per heavy atom. The first-order valence-corrected chi connectivity index (χ1v) is 12.2. The number of carbonyl (C=O) groups is 2. The van der Waals surface area contributed by atoms with Crippen molar-refractivity contribution in [1.29, 1.82) is 0 Å². The van der Waals surface area contributed by atoms with Crippen LogP contribution in [0.1, 0.15) is 17.3 Å². The Bertz CT molecular complexity index is 1790. The van der Waals surface area contributed by atoms with Gasteiger partial charge in [0.25, 0.3) is 15.6 Å². The quantitative estimate of drug-likeness (QED) is 0.389. The Labute approximate surface area is 213 Å². The number of carbonyl (C=O) groups excluding carboxylic acids is 1. The van der Waals surface area contributed by atoms with Crippen LogP contribution >= 0.6 is 23.2 Å². The lowest BCUT2D eigenvalue weighted by Gasteiger charge is -2.17. The topological polar surface area (TPSA) is 145 Å². The van der Waals surface area contributed by atoms with E-state index in [-0.39, 0.29) is 36.3 Å². The maximum absolute atomic E-state index is 13.7. The highest BCUT2D eigenvalue weighted by molar-refractivity contribution is 7.90. The molecular weight excluding hydrogens is 533 g/mol. The van der Waals surface area contributed by atoms with Gasteiger partial charge in [0.05, 0.1) is 27.0 Å². The van der Waals surface area contributed by atoms with Crippen molar-refractivity contribution < 1.29 is 23.1 Å². The second kappa shape index (κ2) is 9.26. The minimum Gasteiger partial charge on any atom is -0.478 e. The Hall–Kier alpha value is -3.93. The summed E-state index contributed by atoms with van der Waals surface area (Å²) < 4.78 is 27.6. The molecule has 0 saturated carbocycles. The third kappa shape index (κ3) is 4.39. The molecule has 0 unspecified atom stereocenters. The van der Waals surface area contributed by atoms with Gasteiger partial charge in [-0.1, -0.05) is 23.2 Å². The summed E-state index contributed by atoms with van der Waals surface area (Å²) in [5.74, 6) is -1.92. The molecule has 36 heavy (non-hydrogen) atoms. The van der Waals surface area contributed by atoms with Crippen LogP contribution in [0.3, 0.4) is 0 Å². The summed E-state index contributed by atoms with van der Waals surface area (Å²) in [5.41, 5.74) is -3.24. The van der Waals surface area contributed by atoms with Crippen LogP contribution in [0.5, 0.6) is 0 Å². The summed E-state index contributed by atoms with van der Waals surface area (Å²) in [6, 6.07) is 12.2. The first-order valence-electron chi connectivity index (χ1n) is 10.1. The number of carboxylic acid groups (broad SMARTS) is 1. The molecule has 0 atom stereocenters. The van der Waals surface area contributed by atoms with E-state index in [0.717, 1.165) is 22.8 Å². The molecule has 13 heteroatoms. The zero-order valence-electron chi connectivity index (χ0n) is 18.2. The van der Waals surface area contributed by atoms with Gasteiger partial charge in [-0.25, -0.2) is 18.0 Å². The molecule has 4 aromatic rings. The van der Waals surface area contributed by atoms with Gasteiger partial charge in [-0.3, -0.25) is 14.2 Å². The molecule has 10 nitrogen and oxygen atoms in total. The molecule has 1 heterocycles. The van der Waals surface area contributed by atoms with Gasteiger partial charge in [-0.2, -0.15) is 0 Å². The zero-order chi connectivity index (χ0) is 26.4. The summed E-state index contributed by atoms with van der Waals surface area (Å²) in [6.07, 6.45) is 0. The summed E-state index contributed by atoms with van der Waals surface area (Å²) >= 11 is 11.9. The van der Waals surface area contributed by atoms with Crippen LogP contribution in [0, 0.1) is 0 Å². The van der Waals surface area contributed by atoms with Gasteiger partial charge in [0.2, 0.25) is 5.91 Å². The van der Waals surface area contributed by atoms with Crippen LogP contribution in [-0.4, -0.2) is 33.9 Å². The van der Waals surface area contributed by atoms with Crippen molar-refractivity contribution in [2.75, 3.05) is 5.32 Å². The lowest BCUT2D eigenvalue weighted by Crippen LogP contribution is -2.43. The Kier molecular flexibility index (Phi) is 6.48. The number of halogens is 2. The van der Waals surface area contributed by atoms with Gasteiger partial charge >= 0.3 is 11.7 Å². The first-order chi connectivity index (χ1) is 16.9. The molecule has 0 bridgehead atoms. The largest absolute Gasteiger partial charge is 0.478 e. The summed E-state index contributed by atoms with van der Waals surface area (Å²) in [7, 11) is -4.75. The predicted molar refractivity (Wildman–Crippen MR) is 134 cm³/mol. The van der Waals surface area contributed by atoms with Crippen molar-refractivity contribution in [3.63, 3.8) is 0 Å². The third-order valence-electron chi connectivity index (χ3n) is 5.12. The van der Waals surface area contributed by atoms with Crippen LogP contribution in [0.25, 0.3) is 16.6 Å². The van der Waals surface area contributed by atoms with Gasteiger partial charge in [0.1, 0.15) is 0 Å². The fraction of sp³-hybridized carbons (Fsp3) is 0.0435. The van der Waals surface area contributed by atoms with Gasteiger partial charge in [-0.05, 0) is 60.7 Å². The molecular formula is C23H15Cl2N3O7S. The number of hydrogen-bond acceptors (Lipinski definition) is 6. The second-order valence-electron chi connectivity index (χ2n) is 7.53. The summed E-state index contributed by atoms with van der Waals surface area (Å²) in [4.78, 5) is 50.2. The van der Waals surface area contributed by atoms with Crippen molar-refractivity contribution in [3.8, 4) is 5.69 Å². The van der Waals surface area contributed by atoms with Gasteiger partial charge in [0, 0.05) is 22.7 Å². The molecule has 0 aliphatic heterocycles. The molecule has 184 valence electrons. The van der Waals surface area contributed by atoms with E-state index in [0.29, 0.717) is 0 Å². The Morgan fingerprint density at radius 2 is 1.56 bits per heavy atom. The van der Waals surface area contributed by atoms with E-state index in [1.165, 1.54) is 49.4 Å². The lowest BCUT2D eigenvalue weighted by atomic mass is 10.1. The zero-order valence-corrected chi connectivity index (χ0v) is 20.6. The van der Waals surface area contributed by atoms with E-state index >= 15 is 0 Å². The fourth-order valence-electron chi connectivity index (χ4n) is 3.60. The first kappa shape index (κ1) is 25.2. The number of aromatic carboxylic acids is 1. The standard InChI is InChI=1S/C23H15Cl2N3O7S/c1-12(29)26-15-5-9-18(22(31)32)20(11-15)27-19-10-14(25)4-8-17(19)21(30)28(23(27)33)36(34,35)16-6-2-13(24)3-7-16/h2-11H,1H3,(H,26,29)(H,31,32). The average Bonchev–Trinajstić information content (AvgIpc) is 2.78. The number of nitrogens with one attached hydrogen (secondary N) is 1. The van der Waals surface area contributed by atoms with E-state index in [9.17, 15) is 32.7 Å². The Morgan fingerprint density at radius 1 is 0.917 bits per heavy atom. The van der Waals surface area contributed by atoms with Crippen molar-refractivity contribution >= 4 is 61.7 Å². The van der Waals surface area contributed by atoms with Crippen molar-refractivity contribution in [2.45, 2.75) is 11.8 Å². The van der Waals surface area contributed by atoms with E-state index in [1.54, 1.807) is 0 Å². The van der Waals surface area contributed by atoms with Gasteiger partial charge in [-0.15, -0.1) is 3.97 Å². The molecule has 0 aliphatic rings. The third-order valence-corrected chi connectivity index (χ3v) is 7.28. The van der Waals surface area contributed by atoms with Gasteiger partial charge in [0.15, 0.2) is 0 Å². The minimum atomic E-state index is -4.75. The molecule has 2 N–H and O–H groups in total. The molecule has 0 aliphatic carbocycles. The second-order valence-corrected chi connectivity index (χ2v) is 10.2. The highest BCUT2D eigenvalue weighted by Gasteiger charge is 2.27. The number of aromatic nitrogens is 2. The van der Waals surface area contributed by atoms with Crippen LogP contribution in [0.4, 0.5) is 5.69 Å². The normalized spacial score (nSPS) is 11.4. The van der Waals surface area contributed by atoms with E-state index < -0.39 is 43.6 Å². The number of hydrogen-bond donors (Lipinski definition) is 2. The predicted octanol–water partition coefficient (Wildman–Crippen LogP) is 3.35. The number of benzene rings is 3. The van der Waals surface area contributed by atoms with E-state index in [2.05, 4.69) is 5.32 Å². The maximum atomic E-state index is 13.7. The maximum Gasteiger partial charge on any atom is 0.350 e. The van der Waals surface area contributed by atoms with Crippen LogP contribution in [0.15, 0.2) is 75.1 Å². The summed E-state index contributed by atoms with van der Waals surface area (Å²) in [6.45, 7) is 1.23. The highest BCUT2D eigenvalue weighted by atomic mass is 35.5. The molecule has 3 aromatic carbocycles. The van der Waals surface area contributed by atoms with Crippen LogP contribution in [-0.2, 0) is 14.8 Å². The number of fused-ring (bicyclic) bond motifs is 1. The smallest absolute Gasteiger partial charge is 0.350 e. The van der Waals surface area contributed by atoms with Gasteiger partial charge < -0.3 is 10.4 Å². The molecule has 4 rings (SSSR count). The van der Waals surface area contributed by atoms with Crippen molar-refractivity contribution in [3.05, 3.63) is 97.1 Å². The summed E-state index contributed by atoms with van der Waals surface area (Å²) in [5, 5.41) is 12.4. The molecule has 1 amide bonds. The highest BCUT2D eigenvalue weighted by Crippen LogP contribution is 2.25. The number of rotatable bonds is 5. The van der Waals surface area contributed by atoms with Crippen molar-refractivity contribution in [1.82, 2.24) is 8.54 Å². The van der Waals surface area contributed by atoms with Crippen LogP contribution < -0.4 is 16.6 Å². The van der Waals surface area contributed by atoms with E-state index in [4.69, 9.17) is 23.2 Å². The number of carboxylic acids is 1. The molecule has 0 saturated heterocycles. The molecule has 0 fully saturated rings. The lowest BCUT2D eigenvalue weighted by molar-refractivity contribution is -0.114. The average molecular weight is 548 g/mol. The SMILES string of the molecule is CC(=O)Nc1ccc(C(=O)O)c(-n2c(=O)n(S(=O)(=O)c3ccc(Cl)cc3)c(=O)c3ccc(Cl)cc32)c1. The van der Waals surface area contributed by atoms with Crippen molar-refractivity contribution in [2.24, 2.45) is 0 Å². The van der Waals surface area contributed by atoms with Crippen LogP contribution in [0.2, 0.25) is 10.0 Å². The number of anilines is 1. The molecule has 1 aromatic heterocycles. The number of nitrogens with zero attached hydrogens (tertiary/aromatic N) is 2. The Balaban J connectivity index is 2.19. The molecule has 0 spiro atoms. The van der Waals surface area contributed by atoms with E-state index in [1.807, 2.05) is 0 Å².